The third-order valence-electron chi connectivity index (χ3n) is 1.22. The second-order valence-electron chi connectivity index (χ2n) is 2.11. The fourth-order valence-corrected chi connectivity index (χ4v) is 0.747. The zero-order valence-electron chi connectivity index (χ0n) is 6.00. The normalized spacial score (nSPS) is 25.0. The summed E-state index contributed by atoms with van der Waals surface area (Å²) in [6.07, 6.45) is -0.357. The molecule has 4 nitrogen and oxygen atoms in total. The lowest BCUT2D eigenvalue weighted by Gasteiger charge is -2.17. The van der Waals surface area contributed by atoms with Gasteiger partial charge in [-0.25, -0.2) is 4.99 Å². The fraction of sp³-hybridized carbons (Fsp3) is 0.833. The highest BCUT2D eigenvalue weighted by Gasteiger charge is 2.11. The Kier molecular flexibility index (Phi) is 2.50. The summed E-state index contributed by atoms with van der Waals surface area (Å²) >= 11 is 0. The van der Waals surface area contributed by atoms with Gasteiger partial charge in [-0.1, -0.05) is 0 Å². The summed E-state index contributed by atoms with van der Waals surface area (Å²) in [5.74, 6) is 0. The molecule has 0 aliphatic carbocycles. The molecule has 2 N–H and O–H groups in total. The molecule has 0 radical (unpaired) electrons. The summed E-state index contributed by atoms with van der Waals surface area (Å²) in [5, 5.41) is 11.8. The number of β-amino-alcohol motifs (C(OH)–C–C–N with tert-alkyl or cyclic N) is 1. The van der Waals surface area contributed by atoms with Crippen LogP contribution in [0.1, 0.15) is 6.92 Å². The van der Waals surface area contributed by atoms with Gasteiger partial charge in [0, 0.05) is 6.54 Å². The molecule has 0 saturated carbocycles. The number of amidine groups is 1. The molecule has 10 heavy (non-hydrogen) atoms. The molecule has 1 unspecified atom stereocenters. The first-order chi connectivity index (χ1) is 4.83. The maximum Gasteiger partial charge on any atom is 0.284 e. The van der Waals surface area contributed by atoms with Crippen LogP contribution in [0.3, 0.4) is 0 Å². The van der Waals surface area contributed by atoms with E-state index in [0.717, 1.165) is 0 Å². The Morgan fingerprint density at radius 1 is 1.90 bits per heavy atom. The van der Waals surface area contributed by atoms with Crippen molar-refractivity contribution in [3.8, 4) is 0 Å². The fourth-order valence-electron chi connectivity index (χ4n) is 0.747. The van der Waals surface area contributed by atoms with E-state index in [9.17, 15) is 0 Å². The zero-order valence-corrected chi connectivity index (χ0v) is 6.00. The van der Waals surface area contributed by atoms with E-state index < -0.39 is 0 Å². The largest absolute Gasteiger partial charge is 0.466 e. The van der Waals surface area contributed by atoms with Crippen molar-refractivity contribution in [2.24, 2.45) is 4.99 Å². The van der Waals surface area contributed by atoms with Gasteiger partial charge in [0.15, 0.2) is 0 Å². The molecule has 0 aromatic carbocycles. The number of aliphatic hydroxyl groups is 1. The average molecular weight is 144 g/mol. The quantitative estimate of drug-likeness (QED) is 0.514. The van der Waals surface area contributed by atoms with Gasteiger partial charge in [-0.3, -0.25) is 0 Å². The Morgan fingerprint density at radius 3 is 3.20 bits per heavy atom. The highest BCUT2D eigenvalue weighted by Crippen LogP contribution is 1.91. The van der Waals surface area contributed by atoms with Crippen LogP contribution in [0.2, 0.25) is 0 Å². The van der Waals surface area contributed by atoms with Crippen LogP contribution in [0.4, 0.5) is 0 Å². The first-order valence-electron chi connectivity index (χ1n) is 3.42. The van der Waals surface area contributed by atoms with Crippen LogP contribution in [-0.4, -0.2) is 36.9 Å². The van der Waals surface area contributed by atoms with Gasteiger partial charge in [-0.2, -0.15) is 0 Å². The molecular formula is C6H12N2O2. The molecule has 0 spiro atoms. The van der Waals surface area contributed by atoms with Crippen LogP contribution in [0.25, 0.3) is 0 Å². The minimum absolute atomic E-state index is 0.357. The third-order valence-corrected chi connectivity index (χ3v) is 1.22. The van der Waals surface area contributed by atoms with Crippen molar-refractivity contribution in [3.63, 3.8) is 0 Å². The summed E-state index contributed by atoms with van der Waals surface area (Å²) in [5.41, 5.74) is 0. The van der Waals surface area contributed by atoms with Crippen LogP contribution >= 0.6 is 0 Å². The van der Waals surface area contributed by atoms with Crippen molar-refractivity contribution in [2.45, 2.75) is 13.0 Å². The highest BCUT2D eigenvalue weighted by atomic mass is 16.5. The van der Waals surface area contributed by atoms with Crippen molar-refractivity contribution >= 4 is 6.02 Å². The van der Waals surface area contributed by atoms with Crippen molar-refractivity contribution in [3.05, 3.63) is 0 Å². The lowest BCUT2D eigenvalue weighted by molar-refractivity contribution is 0.170. The molecule has 0 aromatic rings. The molecule has 1 heterocycles. The topological polar surface area (TPSA) is 53.9 Å². The first kappa shape index (κ1) is 7.34. The maximum absolute atomic E-state index is 8.97. The summed E-state index contributed by atoms with van der Waals surface area (Å²) in [6, 6.07) is 0.549. The van der Waals surface area contributed by atoms with E-state index in [1.807, 2.05) is 6.92 Å². The monoisotopic (exact) mass is 144 g/mol. The Balaban J connectivity index is 2.33. The Hall–Kier alpha value is -0.770. The molecule has 0 saturated heterocycles. The van der Waals surface area contributed by atoms with Crippen molar-refractivity contribution in [2.75, 3.05) is 19.7 Å². The molecule has 0 bridgehead atoms. The standard InChI is InChI=1S/C6H12N2O2/c1-2-10-6-7-3-5(9)4-8-6/h5,9H,2-4H2,1H3,(H,7,8). The van der Waals surface area contributed by atoms with Gasteiger partial charge in [0.05, 0.1) is 19.3 Å². The van der Waals surface area contributed by atoms with Crippen molar-refractivity contribution in [1.82, 2.24) is 5.32 Å². The predicted octanol–water partition coefficient (Wildman–Crippen LogP) is -0.657. The maximum atomic E-state index is 8.97. The van der Waals surface area contributed by atoms with Crippen LogP contribution in [0, 0.1) is 0 Å². The van der Waals surface area contributed by atoms with Gasteiger partial charge in [0.25, 0.3) is 6.02 Å². The molecule has 0 amide bonds. The summed E-state index contributed by atoms with van der Waals surface area (Å²) < 4.78 is 5.06. The number of nitrogens with one attached hydrogen (secondary N) is 1. The molecule has 1 atom stereocenters. The Labute approximate surface area is 59.9 Å². The number of ether oxygens (including phenoxy) is 1. The van der Waals surface area contributed by atoms with Crippen molar-refractivity contribution in [1.29, 1.82) is 0 Å². The number of rotatable bonds is 1. The van der Waals surface area contributed by atoms with Crippen molar-refractivity contribution < 1.29 is 9.84 Å². The molecule has 1 aliphatic rings. The van der Waals surface area contributed by atoms with Gasteiger partial charge >= 0.3 is 0 Å². The van der Waals surface area contributed by atoms with Gasteiger partial charge in [-0.05, 0) is 6.92 Å². The molecule has 58 valence electrons. The molecule has 0 fully saturated rings. The lowest BCUT2D eigenvalue weighted by atomic mass is 10.3. The van der Waals surface area contributed by atoms with Crippen LogP contribution in [-0.2, 0) is 4.74 Å². The molecule has 1 rings (SSSR count). The van der Waals surface area contributed by atoms with Gasteiger partial charge in [-0.15, -0.1) is 0 Å². The zero-order chi connectivity index (χ0) is 7.40. The SMILES string of the molecule is CCOC1=NCC(O)CN1. The Bertz CT molecular complexity index is 136. The molecular weight excluding hydrogens is 132 g/mol. The van der Waals surface area contributed by atoms with E-state index in [1.54, 1.807) is 0 Å². The number of nitrogens with zero attached hydrogens (tertiary/aromatic N) is 1. The second-order valence-corrected chi connectivity index (χ2v) is 2.11. The third kappa shape index (κ3) is 1.88. The number of aliphatic hydroxyl groups excluding tert-OH is 1. The molecule has 4 heteroatoms. The minimum Gasteiger partial charge on any atom is -0.466 e. The van der Waals surface area contributed by atoms with Gasteiger partial charge in [0.2, 0.25) is 0 Å². The predicted molar refractivity (Wildman–Crippen MR) is 37.9 cm³/mol. The number of hydrogen-bond acceptors (Lipinski definition) is 4. The summed E-state index contributed by atoms with van der Waals surface area (Å²) in [4.78, 5) is 3.93. The second kappa shape index (κ2) is 3.41. The smallest absolute Gasteiger partial charge is 0.284 e. The van der Waals surface area contributed by atoms with E-state index in [1.165, 1.54) is 0 Å². The summed E-state index contributed by atoms with van der Waals surface area (Å²) in [7, 11) is 0. The number of aliphatic imine (C=N–C) groups is 1. The van der Waals surface area contributed by atoms with Crippen LogP contribution in [0.15, 0.2) is 4.99 Å². The van der Waals surface area contributed by atoms with E-state index in [0.29, 0.717) is 25.7 Å². The molecule has 0 aromatic heterocycles. The average Bonchev–Trinajstić information content (AvgIpc) is 1.95. The highest BCUT2D eigenvalue weighted by molar-refractivity contribution is 5.74. The van der Waals surface area contributed by atoms with E-state index in [-0.39, 0.29) is 6.10 Å². The van der Waals surface area contributed by atoms with Gasteiger partial charge in [0.1, 0.15) is 0 Å². The van der Waals surface area contributed by atoms with E-state index >= 15 is 0 Å². The number of hydrogen-bond donors (Lipinski definition) is 2. The minimum atomic E-state index is -0.357. The molecule has 1 aliphatic heterocycles. The van der Waals surface area contributed by atoms with Gasteiger partial charge < -0.3 is 15.2 Å². The van der Waals surface area contributed by atoms with Crippen LogP contribution < -0.4 is 5.32 Å². The van der Waals surface area contributed by atoms with Crippen LogP contribution in [0.5, 0.6) is 0 Å². The summed E-state index contributed by atoms with van der Waals surface area (Å²) in [6.45, 7) is 3.50. The Morgan fingerprint density at radius 2 is 2.70 bits per heavy atom. The lowest BCUT2D eigenvalue weighted by Crippen LogP contribution is -2.40. The first-order valence-corrected chi connectivity index (χ1v) is 3.42. The van der Waals surface area contributed by atoms with E-state index in [2.05, 4.69) is 10.3 Å². The van der Waals surface area contributed by atoms with E-state index in [4.69, 9.17) is 9.84 Å².